The lowest BCUT2D eigenvalue weighted by molar-refractivity contribution is 0.0620. The number of likely N-dealkylation sites (tertiary alicyclic amines) is 1. The molecule has 134 valence electrons. The van der Waals surface area contributed by atoms with Crippen molar-refractivity contribution in [2.24, 2.45) is 0 Å². The van der Waals surface area contributed by atoms with E-state index < -0.39 is 0 Å². The van der Waals surface area contributed by atoms with Crippen LogP contribution in [0.5, 0.6) is 0 Å². The van der Waals surface area contributed by atoms with Gasteiger partial charge in [0.25, 0.3) is 5.91 Å². The molecular formula is C24H20ClNO. The van der Waals surface area contributed by atoms with Crippen molar-refractivity contribution in [1.82, 2.24) is 4.90 Å². The summed E-state index contributed by atoms with van der Waals surface area (Å²) < 4.78 is 0. The summed E-state index contributed by atoms with van der Waals surface area (Å²) in [6.45, 7) is 0.802. The summed E-state index contributed by atoms with van der Waals surface area (Å²) in [4.78, 5) is 15.2. The number of hydrogen-bond donors (Lipinski definition) is 0. The Morgan fingerprint density at radius 2 is 1.74 bits per heavy atom. The first-order valence-electron chi connectivity index (χ1n) is 9.46. The van der Waals surface area contributed by atoms with Crippen LogP contribution in [-0.2, 0) is 0 Å². The van der Waals surface area contributed by atoms with E-state index in [0.717, 1.165) is 19.4 Å². The number of fused-ring (bicyclic) bond motifs is 5. The number of rotatable bonds is 2. The Kier molecular flexibility index (Phi) is 4.02. The maximum absolute atomic E-state index is 13.2. The molecule has 0 saturated carbocycles. The lowest BCUT2D eigenvalue weighted by Gasteiger charge is -2.34. The number of carbonyl (C=O) groups excluding carboxylic acids is 1. The van der Waals surface area contributed by atoms with Gasteiger partial charge in [-0.3, -0.25) is 4.79 Å². The molecule has 27 heavy (non-hydrogen) atoms. The van der Waals surface area contributed by atoms with E-state index in [1.807, 2.05) is 29.2 Å². The molecule has 0 spiro atoms. The summed E-state index contributed by atoms with van der Waals surface area (Å²) in [5, 5.41) is 0.605. The molecule has 1 amide bonds. The summed E-state index contributed by atoms with van der Waals surface area (Å²) in [7, 11) is 0. The van der Waals surface area contributed by atoms with Crippen LogP contribution in [0.3, 0.4) is 0 Å². The second-order valence-corrected chi connectivity index (χ2v) is 7.89. The summed E-state index contributed by atoms with van der Waals surface area (Å²) in [5.74, 6) is 0.650. The summed E-state index contributed by atoms with van der Waals surface area (Å²) in [6.07, 6.45) is 2.06. The smallest absolute Gasteiger partial charge is 0.254 e. The van der Waals surface area contributed by atoms with Crippen molar-refractivity contribution in [2.75, 3.05) is 6.54 Å². The fourth-order valence-electron chi connectivity index (χ4n) is 4.62. The van der Waals surface area contributed by atoms with E-state index in [1.165, 1.54) is 22.3 Å². The van der Waals surface area contributed by atoms with Crippen LogP contribution in [0, 0.1) is 0 Å². The molecular weight excluding hydrogens is 354 g/mol. The van der Waals surface area contributed by atoms with E-state index >= 15 is 0 Å². The van der Waals surface area contributed by atoms with Crippen LogP contribution in [0.15, 0.2) is 72.8 Å². The van der Waals surface area contributed by atoms with Crippen LogP contribution in [0.2, 0.25) is 5.02 Å². The van der Waals surface area contributed by atoms with E-state index in [2.05, 4.69) is 42.5 Å². The predicted molar refractivity (Wildman–Crippen MR) is 109 cm³/mol. The largest absolute Gasteiger partial charge is 0.332 e. The molecule has 3 aromatic rings. The van der Waals surface area contributed by atoms with Crippen molar-refractivity contribution >= 4 is 17.5 Å². The third kappa shape index (κ3) is 2.85. The van der Waals surface area contributed by atoms with Gasteiger partial charge in [0.2, 0.25) is 0 Å². The highest BCUT2D eigenvalue weighted by Crippen LogP contribution is 2.50. The van der Waals surface area contributed by atoms with Gasteiger partial charge in [0.05, 0.1) is 6.04 Å². The molecule has 1 saturated heterocycles. The minimum Gasteiger partial charge on any atom is -0.332 e. The van der Waals surface area contributed by atoms with E-state index in [0.29, 0.717) is 16.5 Å². The number of piperidine rings is 1. The van der Waals surface area contributed by atoms with Gasteiger partial charge in [-0.1, -0.05) is 60.1 Å². The van der Waals surface area contributed by atoms with Crippen molar-refractivity contribution in [3.05, 3.63) is 94.5 Å². The molecule has 1 heterocycles. The third-order valence-corrected chi connectivity index (χ3v) is 6.16. The van der Waals surface area contributed by atoms with E-state index in [9.17, 15) is 4.79 Å². The Balaban J connectivity index is 1.52. The minimum absolute atomic E-state index is 0.0823. The van der Waals surface area contributed by atoms with Gasteiger partial charge in [-0.25, -0.2) is 0 Å². The van der Waals surface area contributed by atoms with Crippen LogP contribution < -0.4 is 0 Å². The number of carbonyl (C=O) groups is 1. The zero-order chi connectivity index (χ0) is 18.4. The van der Waals surface area contributed by atoms with Crippen molar-refractivity contribution in [3.8, 4) is 11.1 Å². The highest BCUT2D eigenvalue weighted by Gasteiger charge is 2.41. The van der Waals surface area contributed by atoms with Crippen LogP contribution in [0.25, 0.3) is 11.1 Å². The maximum atomic E-state index is 13.2. The van der Waals surface area contributed by atoms with Gasteiger partial charge in [-0.2, -0.15) is 0 Å². The van der Waals surface area contributed by atoms with Crippen molar-refractivity contribution in [3.63, 3.8) is 0 Å². The molecule has 2 nitrogen and oxygen atoms in total. The Morgan fingerprint density at radius 1 is 0.889 bits per heavy atom. The Labute approximate surface area is 164 Å². The van der Waals surface area contributed by atoms with Crippen LogP contribution in [0.1, 0.15) is 46.3 Å². The normalized spacial score (nSPS) is 20.4. The van der Waals surface area contributed by atoms with Crippen molar-refractivity contribution in [2.45, 2.75) is 24.8 Å². The molecule has 0 radical (unpaired) electrons. The second kappa shape index (κ2) is 6.54. The summed E-state index contributed by atoms with van der Waals surface area (Å²) >= 11 is 6.11. The first-order chi connectivity index (χ1) is 13.2. The van der Waals surface area contributed by atoms with Crippen molar-refractivity contribution < 1.29 is 4.79 Å². The SMILES string of the molecule is O=C(c1cccc(Cl)c1)N1CCC2CC1c1cc(-c3ccccc3)ccc12. The molecule has 3 heteroatoms. The minimum atomic E-state index is 0.0823. The quantitative estimate of drug-likeness (QED) is 0.533. The highest BCUT2D eigenvalue weighted by molar-refractivity contribution is 6.30. The predicted octanol–water partition coefficient (Wildman–Crippen LogP) is 6.08. The summed E-state index contributed by atoms with van der Waals surface area (Å²) in [6, 6.07) is 24.7. The molecule has 0 aromatic heterocycles. The lowest BCUT2D eigenvalue weighted by atomic mass is 9.94. The standard InChI is InChI=1S/C24H20ClNO/c25-20-8-4-7-19(13-20)24(27)26-12-11-18-15-23(26)22-14-17(9-10-21(18)22)16-5-2-1-3-6-16/h1-10,13-14,18,23H,11-12,15H2. The van der Waals surface area contributed by atoms with Crippen LogP contribution in [-0.4, -0.2) is 17.4 Å². The number of amides is 1. The van der Waals surface area contributed by atoms with E-state index in [-0.39, 0.29) is 11.9 Å². The monoisotopic (exact) mass is 373 g/mol. The average Bonchev–Trinajstić information content (AvgIpc) is 3.00. The molecule has 2 atom stereocenters. The molecule has 1 aliphatic heterocycles. The van der Waals surface area contributed by atoms with Crippen LogP contribution >= 0.6 is 11.6 Å². The number of halogens is 1. The van der Waals surface area contributed by atoms with Gasteiger partial charge in [-0.15, -0.1) is 0 Å². The first kappa shape index (κ1) is 16.6. The lowest BCUT2D eigenvalue weighted by Crippen LogP contribution is -2.37. The molecule has 1 aliphatic carbocycles. The fourth-order valence-corrected chi connectivity index (χ4v) is 4.81. The topological polar surface area (TPSA) is 20.3 Å². The molecule has 1 fully saturated rings. The molecule has 2 unspecified atom stereocenters. The number of benzene rings is 3. The first-order valence-corrected chi connectivity index (χ1v) is 9.84. The third-order valence-electron chi connectivity index (χ3n) is 5.93. The highest BCUT2D eigenvalue weighted by atomic mass is 35.5. The molecule has 0 N–H and O–H groups in total. The zero-order valence-corrected chi connectivity index (χ0v) is 15.7. The Bertz CT molecular complexity index is 1010. The second-order valence-electron chi connectivity index (χ2n) is 7.46. The van der Waals surface area contributed by atoms with E-state index in [4.69, 9.17) is 11.6 Å². The fraction of sp³-hybridized carbons (Fsp3) is 0.208. The van der Waals surface area contributed by atoms with E-state index in [1.54, 1.807) is 6.07 Å². The Morgan fingerprint density at radius 3 is 2.56 bits per heavy atom. The summed E-state index contributed by atoms with van der Waals surface area (Å²) in [5.41, 5.74) is 5.84. The molecule has 5 rings (SSSR count). The molecule has 3 aromatic carbocycles. The number of nitrogens with zero attached hydrogens (tertiary/aromatic N) is 1. The van der Waals surface area contributed by atoms with Gasteiger partial charge < -0.3 is 4.90 Å². The van der Waals surface area contributed by atoms with Gasteiger partial charge in [0.15, 0.2) is 0 Å². The van der Waals surface area contributed by atoms with Gasteiger partial charge in [0.1, 0.15) is 0 Å². The van der Waals surface area contributed by atoms with Crippen molar-refractivity contribution in [1.29, 1.82) is 0 Å². The molecule has 2 aliphatic rings. The van der Waals surface area contributed by atoms with Crippen LogP contribution in [0.4, 0.5) is 0 Å². The zero-order valence-electron chi connectivity index (χ0n) is 14.9. The van der Waals surface area contributed by atoms with Gasteiger partial charge in [0, 0.05) is 17.1 Å². The Hall–Kier alpha value is -2.58. The maximum Gasteiger partial charge on any atom is 0.254 e. The average molecular weight is 374 g/mol. The van der Waals surface area contributed by atoms with Gasteiger partial charge in [-0.05, 0) is 65.3 Å². The molecule has 2 bridgehead atoms. The van der Waals surface area contributed by atoms with Gasteiger partial charge >= 0.3 is 0 Å². The number of hydrogen-bond acceptors (Lipinski definition) is 1.